The first-order valence-corrected chi connectivity index (χ1v) is 6.64. The maximum absolute atomic E-state index is 13.0. The summed E-state index contributed by atoms with van der Waals surface area (Å²) in [6.45, 7) is 0.755. The first kappa shape index (κ1) is 15.5. The van der Waals surface area contributed by atoms with Crippen molar-refractivity contribution in [2.24, 2.45) is 0 Å². The third kappa shape index (κ3) is 4.58. The highest BCUT2D eigenvalue weighted by molar-refractivity contribution is 5.20. The van der Waals surface area contributed by atoms with Gasteiger partial charge >= 0.3 is 0 Å². The van der Waals surface area contributed by atoms with Gasteiger partial charge in [0.1, 0.15) is 5.82 Å². The molecule has 0 fully saturated rings. The van der Waals surface area contributed by atoms with Crippen LogP contribution in [0.5, 0.6) is 0 Å². The first-order valence-electron chi connectivity index (χ1n) is 6.64. The summed E-state index contributed by atoms with van der Waals surface area (Å²) in [5.74, 6) is -2.20. The Morgan fingerprint density at radius 1 is 1.00 bits per heavy atom. The van der Waals surface area contributed by atoms with Crippen molar-refractivity contribution in [3.63, 3.8) is 0 Å². The Kier molecular flexibility index (Phi) is 5.36. The number of benzene rings is 2. The zero-order valence-corrected chi connectivity index (χ0v) is 11.3. The summed E-state index contributed by atoms with van der Waals surface area (Å²) in [7, 11) is 0. The third-order valence-electron chi connectivity index (χ3n) is 3.15. The second kappa shape index (κ2) is 7.24. The molecule has 112 valence electrons. The third-order valence-corrected chi connectivity index (χ3v) is 3.15. The summed E-state index contributed by atoms with van der Waals surface area (Å²) in [5, 5.41) is 12.9. The molecule has 0 amide bonds. The Morgan fingerprint density at radius 3 is 2.52 bits per heavy atom. The lowest BCUT2D eigenvalue weighted by Gasteiger charge is -2.12. The van der Waals surface area contributed by atoms with Crippen LogP contribution >= 0.6 is 0 Å². The fraction of sp³-hybridized carbons (Fsp3) is 0.250. The standard InChI is InChI=1S/C16H16F3NO/c17-13-3-1-2-11(8-13)6-7-20-10-16(21)12-4-5-14(18)15(19)9-12/h1-5,8-9,16,20-21H,6-7,10H2. The fourth-order valence-corrected chi connectivity index (χ4v) is 2.00. The molecule has 2 nitrogen and oxygen atoms in total. The predicted molar refractivity (Wildman–Crippen MR) is 74.3 cm³/mol. The van der Waals surface area contributed by atoms with Gasteiger partial charge in [-0.3, -0.25) is 0 Å². The van der Waals surface area contributed by atoms with Crippen molar-refractivity contribution in [3.8, 4) is 0 Å². The molecule has 1 unspecified atom stereocenters. The average Bonchev–Trinajstić information content (AvgIpc) is 2.46. The lowest BCUT2D eigenvalue weighted by atomic mass is 10.1. The molecule has 0 bridgehead atoms. The van der Waals surface area contributed by atoms with Crippen molar-refractivity contribution < 1.29 is 18.3 Å². The van der Waals surface area contributed by atoms with Crippen LogP contribution in [0.25, 0.3) is 0 Å². The van der Waals surface area contributed by atoms with Gasteiger partial charge in [0.05, 0.1) is 6.10 Å². The summed E-state index contributed by atoms with van der Waals surface area (Å²) in [5.41, 5.74) is 1.16. The maximum atomic E-state index is 13.0. The normalized spacial score (nSPS) is 12.4. The van der Waals surface area contributed by atoms with Gasteiger partial charge in [-0.2, -0.15) is 0 Å². The topological polar surface area (TPSA) is 32.3 Å². The number of rotatable bonds is 6. The summed E-state index contributed by atoms with van der Waals surface area (Å²) in [4.78, 5) is 0. The van der Waals surface area contributed by atoms with E-state index in [1.54, 1.807) is 6.07 Å². The summed E-state index contributed by atoms with van der Waals surface area (Å²) in [6.07, 6.45) is -0.310. The van der Waals surface area contributed by atoms with Crippen LogP contribution in [0.2, 0.25) is 0 Å². The second-order valence-corrected chi connectivity index (χ2v) is 4.77. The van der Waals surface area contributed by atoms with Crippen LogP contribution in [-0.2, 0) is 6.42 Å². The lowest BCUT2D eigenvalue weighted by molar-refractivity contribution is 0.174. The molecule has 21 heavy (non-hydrogen) atoms. The summed E-state index contributed by atoms with van der Waals surface area (Å²) >= 11 is 0. The van der Waals surface area contributed by atoms with Gasteiger partial charge in [-0.25, -0.2) is 13.2 Å². The molecule has 0 aliphatic heterocycles. The van der Waals surface area contributed by atoms with Crippen LogP contribution in [0.3, 0.4) is 0 Å². The molecule has 1 atom stereocenters. The minimum Gasteiger partial charge on any atom is -0.387 e. The number of hydrogen-bond acceptors (Lipinski definition) is 2. The molecule has 0 aromatic heterocycles. The zero-order chi connectivity index (χ0) is 15.2. The number of aliphatic hydroxyl groups excluding tert-OH is 1. The van der Waals surface area contributed by atoms with Crippen molar-refractivity contribution >= 4 is 0 Å². The van der Waals surface area contributed by atoms with Crippen molar-refractivity contribution in [1.29, 1.82) is 0 Å². The zero-order valence-electron chi connectivity index (χ0n) is 11.3. The molecule has 2 rings (SSSR count). The number of halogens is 3. The molecule has 2 N–H and O–H groups in total. The number of hydrogen-bond donors (Lipinski definition) is 2. The van der Waals surface area contributed by atoms with E-state index >= 15 is 0 Å². The van der Waals surface area contributed by atoms with E-state index in [1.165, 1.54) is 18.2 Å². The van der Waals surface area contributed by atoms with E-state index in [0.717, 1.165) is 17.7 Å². The predicted octanol–water partition coefficient (Wildman–Crippen LogP) is 2.97. The van der Waals surface area contributed by atoms with Crippen molar-refractivity contribution in [2.45, 2.75) is 12.5 Å². The molecule has 2 aromatic carbocycles. The second-order valence-electron chi connectivity index (χ2n) is 4.77. The van der Waals surface area contributed by atoms with Crippen LogP contribution in [-0.4, -0.2) is 18.2 Å². The Bertz CT molecular complexity index is 604. The van der Waals surface area contributed by atoms with Gasteiger partial charge in [-0.15, -0.1) is 0 Å². The van der Waals surface area contributed by atoms with Crippen LogP contribution in [0, 0.1) is 17.5 Å². The quantitative estimate of drug-likeness (QED) is 0.803. The molecule has 2 aromatic rings. The van der Waals surface area contributed by atoms with E-state index < -0.39 is 17.7 Å². The maximum Gasteiger partial charge on any atom is 0.159 e. The van der Waals surface area contributed by atoms with Gasteiger partial charge in [0.2, 0.25) is 0 Å². The van der Waals surface area contributed by atoms with Gasteiger partial charge in [0, 0.05) is 6.54 Å². The molecule has 0 saturated heterocycles. The Labute approximate surface area is 121 Å². The summed E-state index contributed by atoms with van der Waals surface area (Å²) in [6, 6.07) is 9.60. The van der Waals surface area contributed by atoms with Crippen LogP contribution in [0.15, 0.2) is 42.5 Å². The highest BCUT2D eigenvalue weighted by atomic mass is 19.2. The Hall–Kier alpha value is -1.85. The SMILES string of the molecule is OC(CNCCc1cccc(F)c1)c1ccc(F)c(F)c1. The molecular weight excluding hydrogens is 279 g/mol. The van der Waals surface area contributed by atoms with Crippen LogP contribution in [0.1, 0.15) is 17.2 Å². The van der Waals surface area contributed by atoms with Gasteiger partial charge < -0.3 is 10.4 Å². The molecule has 5 heteroatoms. The largest absolute Gasteiger partial charge is 0.387 e. The van der Waals surface area contributed by atoms with E-state index in [0.29, 0.717) is 18.5 Å². The molecule has 0 aliphatic carbocycles. The van der Waals surface area contributed by atoms with Gasteiger partial charge in [-0.1, -0.05) is 18.2 Å². The lowest BCUT2D eigenvalue weighted by Crippen LogP contribution is -2.23. The molecule has 0 aliphatic rings. The molecule has 0 heterocycles. The van der Waals surface area contributed by atoms with Gasteiger partial charge in [0.15, 0.2) is 11.6 Å². The monoisotopic (exact) mass is 295 g/mol. The summed E-state index contributed by atoms with van der Waals surface area (Å²) < 4.78 is 38.8. The minimum atomic E-state index is -0.980. The molecule has 0 saturated carbocycles. The van der Waals surface area contributed by atoms with Crippen molar-refractivity contribution in [1.82, 2.24) is 5.32 Å². The Balaban J connectivity index is 1.79. The Morgan fingerprint density at radius 2 is 1.81 bits per heavy atom. The molecule has 0 radical (unpaired) electrons. The molecule has 0 spiro atoms. The van der Waals surface area contributed by atoms with E-state index in [-0.39, 0.29) is 12.4 Å². The average molecular weight is 295 g/mol. The van der Waals surface area contributed by atoms with Gasteiger partial charge in [0.25, 0.3) is 0 Å². The van der Waals surface area contributed by atoms with Crippen molar-refractivity contribution in [2.75, 3.05) is 13.1 Å². The van der Waals surface area contributed by atoms with E-state index in [1.807, 2.05) is 6.07 Å². The van der Waals surface area contributed by atoms with Crippen LogP contribution < -0.4 is 5.32 Å². The van der Waals surface area contributed by atoms with Crippen LogP contribution in [0.4, 0.5) is 13.2 Å². The number of nitrogens with one attached hydrogen (secondary N) is 1. The van der Waals surface area contributed by atoms with E-state index in [2.05, 4.69) is 5.32 Å². The molecular formula is C16H16F3NO. The highest BCUT2D eigenvalue weighted by Crippen LogP contribution is 2.15. The highest BCUT2D eigenvalue weighted by Gasteiger charge is 2.10. The van der Waals surface area contributed by atoms with E-state index in [9.17, 15) is 18.3 Å². The fourth-order valence-electron chi connectivity index (χ4n) is 2.00. The smallest absolute Gasteiger partial charge is 0.159 e. The van der Waals surface area contributed by atoms with E-state index in [4.69, 9.17) is 0 Å². The number of aliphatic hydroxyl groups is 1. The first-order chi connectivity index (χ1) is 10.1. The van der Waals surface area contributed by atoms with Gasteiger partial charge in [-0.05, 0) is 48.4 Å². The minimum absolute atomic E-state index is 0.209. The van der Waals surface area contributed by atoms with Crippen molar-refractivity contribution in [3.05, 3.63) is 71.0 Å².